The predicted octanol–water partition coefficient (Wildman–Crippen LogP) is 3.48. The van der Waals surface area contributed by atoms with Crippen molar-refractivity contribution in [1.29, 1.82) is 0 Å². The lowest BCUT2D eigenvalue weighted by Gasteiger charge is -2.33. The first-order valence-electron chi connectivity index (χ1n) is 8.51. The van der Waals surface area contributed by atoms with Gasteiger partial charge in [0, 0.05) is 5.92 Å². The van der Waals surface area contributed by atoms with Crippen molar-refractivity contribution in [3.05, 3.63) is 35.4 Å². The standard InChI is InChI=1S/C19H30N2O/c1-12(2)15-6-8-16(9-7-15)18(13(3)4)21-19(22)14(5)17-10-20-11-17/h6-9,12-14,17-18,20H,10-11H2,1-5H3,(H,21,22). The first-order valence-corrected chi connectivity index (χ1v) is 8.51. The first-order chi connectivity index (χ1) is 10.4. The van der Waals surface area contributed by atoms with Crippen molar-refractivity contribution in [3.63, 3.8) is 0 Å². The van der Waals surface area contributed by atoms with Crippen LogP contribution in [0, 0.1) is 17.8 Å². The molecule has 1 aliphatic rings. The minimum absolute atomic E-state index is 0.0810. The highest BCUT2D eigenvalue weighted by molar-refractivity contribution is 5.79. The van der Waals surface area contributed by atoms with E-state index in [1.165, 1.54) is 11.1 Å². The number of hydrogen-bond donors (Lipinski definition) is 2. The zero-order valence-electron chi connectivity index (χ0n) is 14.5. The molecule has 1 aromatic carbocycles. The molecule has 0 radical (unpaired) electrons. The SMILES string of the molecule is CC(C)c1ccc(C(NC(=O)C(C)C2CNC2)C(C)C)cc1. The Labute approximate surface area is 134 Å². The van der Waals surface area contributed by atoms with Crippen LogP contribution in [0.5, 0.6) is 0 Å². The molecular formula is C19H30N2O. The van der Waals surface area contributed by atoms with E-state index in [4.69, 9.17) is 0 Å². The van der Waals surface area contributed by atoms with E-state index in [-0.39, 0.29) is 17.9 Å². The summed E-state index contributed by atoms with van der Waals surface area (Å²) in [4.78, 5) is 12.5. The second-order valence-corrected chi connectivity index (χ2v) is 7.26. The first kappa shape index (κ1) is 17.0. The Morgan fingerprint density at radius 2 is 1.59 bits per heavy atom. The summed E-state index contributed by atoms with van der Waals surface area (Å²) in [6.45, 7) is 12.7. The molecule has 3 heteroatoms. The van der Waals surface area contributed by atoms with Gasteiger partial charge in [-0.15, -0.1) is 0 Å². The quantitative estimate of drug-likeness (QED) is 0.844. The average Bonchev–Trinajstić information content (AvgIpc) is 2.42. The van der Waals surface area contributed by atoms with E-state index in [9.17, 15) is 4.79 Å². The van der Waals surface area contributed by atoms with Crippen molar-refractivity contribution in [2.45, 2.75) is 46.6 Å². The maximum Gasteiger partial charge on any atom is 0.223 e. The molecule has 22 heavy (non-hydrogen) atoms. The van der Waals surface area contributed by atoms with Crippen LogP contribution >= 0.6 is 0 Å². The summed E-state index contributed by atoms with van der Waals surface area (Å²) in [5, 5.41) is 6.51. The van der Waals surface area contributed by atoms with Gasteiger partial charge in [-0.3, -0.25) is 4.79 Å². The number of nitrogens with one attached hydrogen (secondary N) is 2. The van der Waals surface area contributed by atoms with Gasteiger partial charge < -0.3 is 10.6 Å². The lowest BCUT2D eigenvalue weighted by Crippen LogP contribution is -2.50. The number of carbonyl (C=O) groups is 1. The molecular weight excluding hydrogens is 272 g/mol. The topological polar surface area (TPSA) is 41.1 Å². The van der Waals surface area contributed by atoms with Gasteiger partial charge in [0.25, 0.3) is 0 Å². The molecule has 2 rings (SSSR count). The van der Waals surface area contributed by atoms with Crippen LogP contribution in [-0.2, 0) is 4.79 Å². The molecule has 2 N–H and O–H groups in total. The van der Waals surface area contributed by atoms with Gasteiger partial charge in [0.2, 0.25) is 5.91 Å². The Kier molecular flexibility index (Phi) is 5.63. The molecule has 3 nitrogen and oxygen atoms in total. The number of amides is 1. The van der Waals surface area contributed by atoms with Crippen LogP contribution in [0.3, 0.4) is 0 Å². The number of carbonyl (C=O) groups excluding carboxylic acids is 1. The monoisotopic (exact) mass is 302 g/mol. The molecule has 122 valence electrons. The van der Waals surface area contributed by atoms with E-state index in [0.29, 0.717) is 17.8 Å². The highest BCUT2D eigenvalue weighted by atomic mass is 16.1. The van der Waals surface area contributed by atoms with E-state index >= 15 is 0 Å². The highest BCUT2D eigenvalue weighted by Crippen LogP contribution is 2.25. The lowest BCUT2D eigenvalue weighted by atomic mass is 9.87. The molecule has 2 unspecified atom stereocenters. The normalized spacial score (nSPS) is 18.1. The Hall–Kier alpha value is -1.35. The molecule has 1 saturated heterocycles. The lowest BCUT2D eigenvalue weighted by molar-refractivity contribution is -0.127. The average molecular weight is 302 g/mol. The van der Waals surface area contributed by atoms with Crippen LogP contribution in [0.4, 0.5) is 0 Å². The number of hydrogen-bond acceptors (Lipinski definition) is 2. The van der Waals surface area contributed by atoms with E-state index in [1.54, 1.807) is 0 Å². The van der Waals surface area contributed by atoms with Crippen LogP contribution in [0.1, 0.15) is 57.7 Å². The minimum atomic E-state index is 0.0810. The largest absolute Gasteiger partial charge is 0.349 e. The Balaban J connectivity index is 2.07. The zero-order chi connectivity index (χ0) is 16.3. The van der Waals surface area contributed by atoms with E-state index in [1.807, 2.05) is 6.92 Å². The van der Waals surface area contributed by atoms with E-state index in [2.05, 4.69) is 62.6 Å². The summed E-state index contributed by atoms with van der Waals surface area (Å²) in [6.07, 6.45) is 0. The van der Waals surface area contributed by atoms with Crippen LogP contribution in [-0.4, -0.2) is 19.0 Å². The summed E-state index contributed by atoms with van der Waals surface area (Å²) < 4.78 is 0. The summed E-state index contributed by atoms with van der Waals surface area (Å²) in [5.74, 6) is 1.65. The fourth-order valence-corrected chi connectivity index (χ4v) is 2.89. The summed E-state index contributed by atoms with van der Waals surface area (Å²) >= 11 is 0. The Bertz CT molecular complexity index is 489. The Morgan fingerprint density at radius 3 is 2.00 bits per heavy atom. The molecule has 0 saturated carbocycles. The zero-order valence-corrected chi connectivity index (χ0v) is 14.5. The molecule has 1 fully saturated rings. The van der Waals surface area contributed by atoms with E-state index in [0.717, 1.165) is 13.1 Å². The summed E-state index contributed by atoms with van der Waals surface area (Å²) in [7, 11) is 0. The smallest absolute Gasteiger partial charge is 0.223 e. The van der Waals surface area contributed by atoms with Gasteiger partial charge in [-0.25, -0.2) is 0 Å². The number of benzene rings is 1. The van der Waals surface area contributed by atoms with Crippen molar-refractivity contribution in [2.24, 2.45) is 17.8 Å². The fourth-order valence-electron chi connectivity index (χ4n) is 2.89. The molecule has 0 bridgehead atoms. The summed E-state index contributed by atoms with van der Waals surface area (Å²) in [5.41, 5.74) is 2.54. The minimum Gasteiger partial charge on any atom is -0.349 e. The fraction of sp³-hybridized carbons (Fsp3) is 0.632. The van der Waals surface area contributed by atoms with Crippen molar-refractivity contribution in [3.8, 4) is 0 Å². The molecule has 2 atom stereocenters. The third kappa shape index (κ3) is 3.89. The molecule has 1 aliphatic heterocycles. The van der Waals surface area contributed by atoms with Gasteiger partial charge in [-0.1, -0.05) is 58.9 Å². The maximum atomic E-state index is 12.5. The predicted molar refractivity (Wildman–Crippen MR) is 91.8 cm³/mol. The second kappa shape index (κ2) is 7.28. The van der Waals surface area contributed by atoms with Gasteiger partial charge >= 0.3 is 0 Å². The Morgan fingerprint density at radius 1 is 1.05 bits per heavy atom. The van der Waals surface area contributed by atoms with Gasteiger partial charge in [-0.05, 0) is 42.0 Å². The molecule has 0 spiro atoms. The number of rotatable bonds is 6. The second-order valence-electron chi connectivity index (χ2n) is 7.26. The molecule has 1 heterocycles. The van der Waals surface area contributed by atoms with Crippen LogP contribution in [0.15, 0.2) is 24.3 Å². The summed E-state index contributed by atoms with van der Waals surface area (Å²) in [6, 6.07) is 8.78. The molecule has 0 aromatic heterocycles. The van der Waals surface area contributed by atoms with Crippen molar-refractivity contribution < 1.29 is 4.79 Å². The van der Waals surface area contributed by atoms with Crippen molar-refractivity contribution in [2.75, 3.05) is 13.1 Å². The molecule has 1 amide bonds. The van der Waals surface area contributed by atoms with Crippen LogP contribution in [0.25, 0.3) is 0 Å². The highest BCUT2D eigenvalue weighted by Gasteiger charge is 2.30. The molecule has 1 aromatic rings. The van der Waals surface area contributed by atoms with Crippen LogP contribution in [0.2, 0.25) is 0 Å². The van der Waals surface area contributed by atoms with Crippen LogP contribution < -0.4 is 10.6 Å². The third-order valence-corrected chi connectivity index (χ3v) is 4.86. The van der Waals surface area contributed by atoms with Crippen molar-refractivity contribution in [1.82, 2.24) is 10.6 Å². The van der Waals surface area contributed by atoms with Gasteiger partial charge in [0.05, 0.1) is 6.04 Å². The van der Waals surface area contributed by atoms with Gasteiger partial charge in [0.1, 0.15) is 0 Å². The third-order valence-electron chi connectivity index (χ3n) is 4.86. The van der Waals surface area contributed by atoms with Gasteiger partial charge in [-0.2, -0.15) is 0 Å². The van der Waals surface area contributed by atoms with Gasteiger partial charge in [0.15, 0.2) is 0 Å². The van der Waals surface area contributed by atoms with E-state index < -0.39 is 0 Å². The molecule has 0 aliphatic carbocycles. The maximum absolute atomic E-state index is 12.5. The van der Waals surface area contributed by atoms with Crippen molar-refractivity contribution >= 4 is 5.91 Å².